The highest BCUT2D eigenvalue weighted by molar-refractivity contribution is 9.10. The third-order valence-electron chi connectivity index (χ3n) is 3.52. The summed E-state index contributed by atoms with van der Waals surface area (Å²) in [5, 5.41) is 3.65. The summed E-state index contributed by atoms with van der Waals surface area (Å²) >= 11 is 3.55. The minimum Gasteiger partial charge on any atom is -0.378 e. The van der Waals surface area contributed by atoms with Crippen LogP contribution in [0.4, 0.5) is 5.69 Å². The van der Waals surface area contributed by atoms with Crippen LogP contribution in [0.5, 0.6) is 0 Å². The topological polar surface area (TPSA) is 12.0 Å². The lowest BCUT2D eigenvalue weighted by Crippen LogP contribution is -2.07. The zero-order valence-electron chi connectivity index (χ0n) is 10.4. The van der Waals surface area contributed by atoms with Gasteiger partial charge in [-0.25, -0.2) is 0 Å². The number of fused-ring (bicyclic) bond motifs is 1. The van der Waals surface area contributed by atoms with Crippen LogP contribution in [0.15, 0.2) is 46.9 Å². The molecule has 2 aromatic rings. The molecule has 0 saturated carbocycles. The summed E-state index contributed by atoms with van der Waals surface area (Å²) in [5.41, 5.74) is 5.42. The summed E-state index contributed by atoms with van der Waals surface area (Å²) in [6.07, 6.45) is 2.37. The van der Waals surface area contributed by atoms with Gasteiger partial charge in [-0.1, -0.05) is 40.2 Å². The van der Waals surface area contributed by atoms with Gasteiger partial charge in [0.25, 0.3) is 0 Å². The highest BCUT2D eigenvalue weighted by Crippen LogP contribution is 2.34. The summed E-state index contributed by atoms with van der Waals surface area (Å²) < 4.78 is 1.14. The van der Waals surface area contributed by atoms with E-state index in [1.54, 1.807) is 0 Å². The van der Waals surface area contributed by atoms with Crippen molar-refractivity contribution >= 4 is 21.6 Å². The van der Waals surface area contributed by atoms with E-state index in [1.807, 2.05) is 0 Å². The average molecular weight is 302 g/mol. The first-order chi connectivity index (χ1) is 8.72. The van der Waals surface area contributed by atoms with Crippen LogP contribution in [0.2, 0.25) is 0 Å². The molecule has 0 aromatic heterocycles. The van der Waals surface area contributed by atoms with Gasteiger partial charge in [-0.2, -0.15) is 0 Å². The molecule has 0 saturated heterocycles. The van der Waals surface area contributed by atoms with E-state index in [4.69, 9.17) is 0 Å². The molecule has 1 nitrogen and oxygen atoms in total. The van der Waals surface area contributed by atoms with Crippen molar-refractivity contribution < 1.29 is 0 Å². The van der Waals surface area contributed by atoms with Gasteiger partial charge in [0, 0.05) is 10.2 Å². The molecular formula is C16H16BrN. The summed E-state index contributed by atoms with van der Waals surface area (Å²) in [5.74, 6) is 0. The fourth-order valence-corrected chi connectivity index (χ4v) is 3.34. The molecule has 1 aliphatic carbocycles. The molecule has 0 aliphatic heterocycles. The molecule has 18 heavy (non-hydrogen) atoms. The summed E-state index contributed by atoms with van der Waals surface area (Å²) in [7, 11) is 0. The maximum absolute atomic E-state index is 3.65. The number of hydrogen-bond acceptors (Lipinski definition) is 1. The predicted octanol–water partition coefficient (Wildman–Crippen LogP) is 4.86. The van der Waals surface area contributed by atoms with Crippen molar-refractivity contribution in [2.45, 2.75) is 25.8 Å². The minimum atomic E-state index is 0.454. The van der Waals surface area contributed by atoms with E-state index in [1.165, 1.54) is 35.2 Å². The predicted molar refractivity (Wildman–Crippen MR) is 80.0 cm³/mol. The Bertz CT molecular complexity index is 557. The number of halogens is 1. The Labute approximate surface area is 116 Å². The van der Waals surface area contributed by atoms with Crippen LogP contribution in [-0.2, 0) is 6.42 Å². The molecule has 0 heterocycles. The first-order valence-corrected chi connectivity index (χ1v) is 7.13. The van der Waals surface area contributed by atoms with Crippen LogP contribution in [0.3, 0.4) is 0 Å². The standard InChI is InChI=1S/C16H16BrN/c1-11-8-13(17)10-14(9-11)18-16-7-6-12-4-2-3-5-15(12)16/h2-5,8-10,16,18H,6-7H2,1H3. The highest BCUT2D eigenvalue weighted by Gasteiger charge is 2.21. The monoisotopic (exact) mass is 301 g/mol. The molecule has 0 spiro atoms. The normalized spacial score (nSPS) is 17.6. The molecule has 1 unspecified atom stereocenters. The highest BCUT2D eigenvalue weighted by atomic mass is 79.9. The fraction of sp³-hybridized carbons (Fsp3) is 0.250. The van der Waals surface area contributed by atoms with Gasteiger partial charge in [-0.05, 0) is 54.7 Å². The number of hydrogen-bond donors (Lipinski definition) is 1. The molecule has 0 amide bonds. The quantitative estimate of drug-likeness (QED) is 0.835. The lowest BCUT2D eigenvalue weighted by atomic mass is 10.1. The van der Waals surface area contributed by atoms with Crippen LogP contribution in [0.1, 0.15) is 29.2 Å². The second-order valence-electron chi connectivity index (χ2n) is 4.95. The Morgan fingerprint density at radius 1 is 1.17 bits per heavy atom. The smallest absolute Gasteiger partial charge is 0.0519 e. The van der Waals surface area contributed by atoms with E-state index in [2.05, 4.69) is 70.6 Å². The number of nitrogens with one attached hydrogen (secondary N) is 1. The first-order valence-electron chi connectivity index (χ1n) is 6.34. The molecule has 2 aromatic carbocycles. The van der Waals surface area contributed by atoms with Crippen molar-refractivity contribution in [3.8, 4) is 0 Å². The molecule has 1 N–H and O–H groups in total. The number of rotatable bonds is 2. The molecule has 0 bridgehead atoms. The molecule has 1 aliphatic rings. The van der Waals surface area contributed by atoms with Crippen molar-refractivity contribution in [3.63, 3.8) is 0 Å². The Kier molecular flexibility index (Phi) is 3.13. The van der Waals surface area contributed by atoms with Crippen molar-refractivity contribution in [3.05, 3.63) is 63.6 Å². The summed E-state index contributed by atoms with van der Waals surface area (Å²) in [6, 6.07) is 15.7. The molecular weight excluding hydrogens is 286 g/mol. The van der Waals surface area contributed by atoms with Crippen LogP contribution in [0.25, 0.3) is 0 Å². The van der Waals surface area contributed by atoms with Gasteiger partial charge in [-0.15, -0.1) is 0 Å². The number of anilines is 1. The number of aryl methyl sites for hydroxylation is 2. The van der Waals surface area contributed by atoms with E-state index in [0.717, 1.165) is 4.47 Å². The van der Waals surface area contributed by atoms with Crippen molar-refractivity contribution in [1.29, 1.82) is 0 Å². The molecule has 92 valence electrons. The van der Waals surface area contributed by atoms with Crippen molar-refractivity contribution in [1.82, 2.24) is 0 Å². The lowest BCUT2D eigenvalue weighted by molar-refractivity contribution is 0.762. The van der Waals surface area contributed by atoms with E-state index < -0.39 is 0 Å². The van der Waals surface area contributed by atoms with Crippen molar-refractivity contribution in [2.75, 3.05) is 5.32 Å². The first kappa shape index (κ1) is 11.8. The molecule has 0 fully saturated rings. The Hall–Kier alpha value is -1.28. The fourth-order valence-electron chi connectivity index (χ4n) is 2.73. The van der Waals surface area contributed by atoms with E-state index in [0.29, 0.717) is 6.04 Å². The maximum Gasteiger partial charge on any atom is 0.0519 e. The van der Waals surface area contributed by atoms with Crippen LogP contribution in [0, 0.1) is 6.92 Å². The van der Waals surface area contributed by atoms with Gasteiger partial charge >= 0.3 is 0 Å². The van der Waals surface area contributed by atoms with E-state index in [9.17, 15) is 0 Å². The molecule has 1 atom stereocenters. The Morgan fingerprint density at radius 3 is 2.83 bits per heavy atom. The van der Waals surface area contributed by atoms with E-state index in [-0.39, 0.29) is 0 Å². The van der Waals surface area contributed by atoms with Gasteiger partial charge in [-0.3, -0.25) is 0 Å². The zero-order chi connectivity index (χ0) is 12.5. The van der Waals surface area contributed by atoms with Crippen LogP contribution in [-0.4, -0.2) is 0 Å². The molecule has 2 heteroatoms. The van der Waals surface area contributed by atoms with Gasteiger partial charge in [0.2, 0.25) is 0 Å². The van der Waals surface area contributed by atoms with Gasteiger partial charge < -0.3 is 5.32 Å². The maximum atomic E-state index is 3.65. The van der Waals surface area contributed by atoms with Gasteiger partial charge in [0.05, 0.1) is 6.04 Å². The minimum absolute atomic E-state index is 0.454. The summed E-state index contributed by atoms with van der Waals surface area (Å²) in [6.45, 7) is 2.12. The third kappa shape index (κ3) is 2.30. The molecule has 3 rings (SSSR count). The van der Waals surface area contributed by atoms with Crippen LogP contribution >= 0.6 is 15.9 Å². The van der Waals surface area contributed by atoms with Crippen LogP contribution < -0.4 is 5.32 Å². The second kappa shape index (κ2) is 4.77. The van der Waals surface area contributed by atoms with E-state index >= 15 is 0 Å². The zero-order valence-corrected chi connectivity index (χ0v) is 12.0. The van der Waals surface area contributed by atoms with Gasteiger partial charge in [0.15, 0.2) is 0 Å². The Balaban J connectivity index is 1.86. The third-order valence-corrected chi connectivity index (χ3v) is 3.97. The number of benzene rings is 2. The largest absolute Gasteiger partial charge is 0.378 e. The van der Waals surface area contributed by atoms with Crippen molar-refractivity contribution in [2.24, 2.45) is 0 Å². The Morgan fingerprint density at radius 2 is 2.00 bits per heavy atom. The summed E-state index contributed by atoms with van der Waals surface area (Å²) in [4.78, 5) is 0. The SMILES string of the molecule is Cc1cc(Br)cc(NC2CCc3ccccc32)c1. The molecule has 0 radical (unpaired) electrons. The second-order valence-corrected chi connectivity index (χ2v) is 5.87. The lowest BCUT2D eigenvalue weighted by Gasteiger charge is -2.16. The average Bonchev–Trinajstić information content (AvgIpc) is 2.72. The van der Waals surface area contributed by atoms with Gasteiger partial charge in [0.1, 0.15) is 0 Å².